The number of nitrogens with zero attached hydrogens (tertiary/aromatic N) is 2. The molecule has 4 aromatic rings. The Morgan fingerprint density at radius 1 is 0.930 bits per heavy atom. The molecule has 214 valence electrons. The number of rotatable bonds is 3. The van der Waals surface area contributed by atoms with Crippen LogP contribution in [-0.4, -0.2) is 41.2 Å². The van der Waals surface area contributed by atoms with Gasteiger partial charge in [-0.05, 0) is 76.9 Å². The van der Waals surface area contributed by atoms with Gasteiger partial charge in [-0.15, -0.1) is 0 Å². The van der Waals surface area contributed by atoms with Crippen LogP contribution in [0.25, 0.3) is 21.5 Å². The van der Waals surface area contributed by atoms with Crippen molar-refractivity contribution in [3.8, 4) is 0 Å². The molecule has 1 N–H and O–H groups in total. The highest BCUT2D eigenvalue weighted by atomic mass is 16.4. The summed E-state index contributed by atoms with van der Waals surface area (Å²) in [5.41, 5.74) is 7.92. The molecule has 1 aliphatic carbocycles. The molecular weight excluding hydrogens is 532 g/mol. The van der Waals surface area contributed by atoms with Gasteiger partial charge in [-0.3, -0.25) is 4.79 Å². The van der Waals surface area contributed by atoms with Gasteiger partial charge in [0.25, 0.3) is 0 Å². The number of likely N-dealkylation sites (N-methyl/N-ethyl adjacent to an activating group) is 1. The van der Waals surface area contributed by atoms with Crippen molar-refractivity contribution in [3.05, 3.63) is 119 Å². The van der Waals surface area contributed by atoms with Gasteiger partial charge in [-0.25, -0.2) is 4.79 Å². The summed E-state index contributed by atoms with van der Waals surface area (Å²) in [6.45, 7) is 13.2. The maximum atomic E-state index is 13.8. The molecule has 0 saturated heterocycles. The Kier molecular flexibility index (Phi) is 5.59. The van der Waals surface area contributed by atoms with E-state index in [-0.39, 0.29) is 28.1 Å². The summed E-state index contributed by atoms with van der Waals surface area (Å²) >= 11 is 0. The highest BCUT2D eigenvalue weighted by Gasteiger charge is 2.48. The molecule has 1 atom stereocenters. The molecule has 0 bridgehead atoms. The van der Waals surface area contributed by atoms with Gasteiger partial charge >= 0.3 is 5.97 Å². The molecule has 0 aromatic heterocycles. The molecule has 5 nitrogen and oxygen atoms in total. The predicted molar refractivity (Wildman–Crippen MR) is 174 cm³/mol. The highest BCUT2D eigenvalue weighted by Crippen LogP contribution is 2.52. The van der Waals surface area contributed by atoms with Crippen LogP contribution in [0.2, 0.25) is 0 Å². The molecule has 0 radical (unpaired) electrons. The number of ketones is 1. The van der Waals surface area contributed by atoms with Gasteiger partial charge in [0.05, 0.1) is 16.9 Å². The molecule has 4 aromatic carbocycles. The summed E-state index contributed by atoms with van der Waals surface area (Å²) in [4.78, 5) is 27.5. The van der Waals surface area contributed by atoms with Crippen LogP contribution in [0.4, 0.5) is 11.4 Å². The number of benzene rings is 4. The number of Topliss-reactive ketones (excluding diaryl/α,β-unsaturated/α-hetero) is 1. The maximum absolute atomic E-state index is 13.8. The molecule has 7 rings (SSSR count). The van der Waals surface area contributed by atoms with E-state index in [4.69, 9.17) is 0 Å². The largest absolute Gasteiger partial charge is 0.478 e. The van der Waals surface area contributed by atoms with E-state index in [2.05, 4.69) is 99.3 Å². The predicted octanol–water partition coefficient (Wildman–Crippen LogP) is 7.69. The Bertz CT molecular complexity index is 2050. The number of anilines is 1. The number of carbonyl (C=O) groups excluding carboxylic acids is 1. The van der Waals surface area contributed by atoms with Crippen LogP contribution in [0.5, 0.6) is 0 Å². The van der Waals surface area contributed by atoms with E-state index in [1.54, 1.807) is 12.1 Å². The van der Waals surface area contributed by atoms with Crippen LogP contribution < -0.4 is 4.90 Å². The van der Waals surface area contributed by atoms with Crippen molar-refractivity contribution >= 4 is 50.4 Å². The molecule has 0 spiro atoms. The van der Waals surface area contributed by atoms with E-state index in [9.17, 15) is 14.7 Å². The lowest BCUT2D eigenvalue weighted by Gasteiger charge is -2.32. The molecule has 1 fully saturated rings. The number of fused-ring (bicyclic) bond motifs is 6. The van der Waals surface area contributed by atoms with Crippen molar-refractivity contribution in [1.82, 2.24) is 0 Å². The van der Waals surface area contributed by atoms with Crippen LogP contribution >= 0.6 is 0 Å². The molecule has 43 heavy (non-hydrogen) atoms. The first-order valence-corrected chi connectivity index (χ1v) is 14.7. The summed E-state index contributed by atoms with van der Waals surface area (Å²) in [5, 5.41) is 13.9. The van der Waals surface area contributed by atoms with E-state index in [0.29, 0.717) is 5.57 Å². The van der Waals surface area contributed by atoms with Crippen LogP contribution in [0.1, 0.15) is 49.2 Å². The zero-order valence-electron chi connectivity index (χ0n) is 25.4. The third kappa shape index (κ3) is 3.60. The van der Waals surface area contributed by atoms with Gasteiger partial charge in [0.2, 0.25) is 5.69 Å². The molecule has 1 saturated carbocycles. The molecule has 1 unspecified atom stereocenters. The first-order chi connectivity index (χ1) is 20.3. The van der Waals surface area contributed by atoms with E-state index >= 15 is 0 Å². The van der Waals surface area contributed by atoms with Crippen molar-refractivity contribution < 1.29 is 19.3 Å². The van der Waals surface area contributed by atoms with Crippen LogP contribution in [0, 0.1) is 5.92 Å². The van der Waals surface area contributed by atoms with Crippen molar-refractivity contribution in [2.75, 3.05) is 19.0 Å². The van der Waals surface area contributed by atoms with Gasteiger partial charge in [0, 0.05) is 47.1 Å². The standard InChI is InChI=1S/C38H34N2O3/c1-21-27(19-31-37(2,3)33-25-11-9-8-10-22(25)13-16-29(33)39(31)6)35(41)28(21)20-32-38(4,5)34-26-15-12-24(36(42)43)18-23(26)14-17-30(34)40(32)7/h8-20,28H,1H2,2-7H3/p+1. The molecular formula is C38H35N2O3+. The summed E-state index contributed by atoms with van der Waals surface area (Å²) in [6.07, 6.45) is 4.14. The quantitative estimate of drug-likeness (QED) is 0.204. The lowest BCUT2D eigenvalue weighted by Crippen LogP contribution is -2.36. The summed E-state index contributed by atoms with van der Waals surface area (Å²) in [6, 6.07) is 22.1. The lowest BCUT2D eigenvalue weighted by atomic mass is 9.70. The second-order valence-electron chi connectivity index (χ2n) is 13.1. The number of hydrogen-bond donors (Lipinski definition) is 1. The second kappa shape index (κ2) is 8.87. The number of carboxylic acid groups (broad SMARTS) is 1. The summed E-state index contributed by atoms with van der Waals surface area (Å²) < 4.78 is 2.21. The fraction of sp³-hybridized carbons (Fsp3) is 0.237. The van der Waals surface area contributed by atoms with Crippen LogP contribution in [0.3, 0.4) is 0 Å². The van der Waals surface area contributed by atoms with Gasteiger partial charge < -0.3 is 10.0 Å². The molecule has 0 amide bonds. The van der Waals surface area contributed by atoms with Gasteiger partial charge in [-0.2, -0.15) is 4.58 Å². The maximum Gasteiger partial charge on any atom is 0.335 e. The smallest absolute Gasteiger partial charge is 0.335 e. The molecule has 3 aliphatic rings. The average molecular weight is 568 g/mol. The van der Waals surface area contributed by atoms with Crippen molar-refractivity contribution in [2.24, 2.45) is 5.92 Å². The number of carbonyl (C=O) groups is 2. The second-order valence-corrected chi connectivity index (χ2v) is 13.1. The number of carboxylic acids is 1. The van der Waals surface area contributed by atoms with E-state index in [1.807, 2.05) is 25.2 Å². The zero-order valence-corrected chi connectivity index (χ0v) is 25.4. The fourth-order valence-electron chi connectivity index (χ4n) is 7.74. The zero-order chi connectivity index (χ0) is 30.6. The molecule has 2 aliphatic heterocycles. The fourth-order valence-corrected chi connectivity index (χ4v) is 7.74. The van der Waals surface area contributed by atoms with Gasteiger partial charge in [-0.1, -0.05) is 56.8 Å². The average Bonchev–Trinajstić information content (AvgIpc) is 3.30. The van der Waals surface area contributed by atoms with Crippen molar-refractivity contribution in [1.29, 1.82) is 0 Å². The van der Waals surface area contributed by atoms with E-state index in [0.717, 1.165) is 39.0 Å². The summed E-state index contributed by atoms with van der Waals surface area (Å²) in [5.74, 6) is -1.24. The first-order valence-electron chi connectivity index (χ1n) is 14.7. The van der Waals surface area contributed by atoms with Gasteiger partial charge in [0.15, 0.2) is 11.5 Å². The third-order valence-electron chi connectivity index (χ3n) is 10.0. The molecule has 5 heteroatoms. The highest BCUT2D eigenvalue weighted by molar-refractivity contribution is 6.19. The Labute approximate surface area is 251 Å². The number of allylic oxidation sites excluding steroid dienone is 5. The Balaban J connectivity index is 1.24. The van der Waals surface area contributed by atoms with Gasteiger partial charge in [0.1, 0.15) is 7.05 Å². The van der Waals surface area contributed by atoms with Crippen molar-refractivity contribution in [2.45, 2.75) is 38.5 Å². The SMILES string of the molecule is C=C1C(=CC2=[N+](C)c3ccc4ccccc4c3C2(C)C)C(=O)C1C=C1N(C)c2ccc3cc(C(=O)O)ccc3c2C1(C)C. The number of hydrogen-bond acceptors (Lipinski definition) is 3. The molecule has 2 heterocycles. The monoisotopic (exact) mass is 567 g/mol. The minimum atomic E-state index is -0.937. The van der Waals surface area contributed by atoms with Crippen molar-refractivity contribution in [3.63, 3.8) is 0 Å². The first kappa shape index (κ1) is 27.1. The van der Waals surface area contributed by atoms with Crippen LogP contribution in [0.15, 0.2) is 102 Å². The minimum absolute atomic E-state index is 0.0890. The normalized spacial score (nSPS) is 22.1. The summed E-state index contributed by atoms with van der Waals surface area (Å²) in [7, 11) is 4.12. The third-order valence-corrected chi connectivity index (χ3v) is 10.0. The van der Waals surface area contributed by atoms with E-state index < -0.39 is 5.97 Å². The number of aromatic carboxylic acids is 1. The lowest BCUT2D eigenvalue weighted by molar-refractivity contribution is -0.401. The van der Waals surface area contributed by atoms with E-state index in [1.165, 1.54) is 22.0 Å². The Morgan fingerprint density at radius 2 is 1.63 bits per heavy atom. The minimum Gasteiger partial charge on any atom is -0.478 e. The Hall–Kier alpha value is -4.77. The Morgan fingerprint density at radius 3 is 2.35 bits per heavy atom. The van der Waals surface area contributed by atoms with Crippen LogP contribution in [-0.2, 0) is 15.6 Å². The topological polar surface area (TPSA) is 60.6 Å².